The van der Waals surface area contributed by atoms with Crippen LogP contribution in [0.4, 0.5) is 30.2 Å². The van der Waals surface area contributed by atoms with Gasteiger partial charge in [0, 0.05) is 35.9 Å². The summed E-state index contributed by atoms with van der Waals surface area (Å²) >= 11 is 0. The Balaban J connectivity index is 1.64. The van der Waals surface area contributed by atoms with E-state index in [9.17, 15) is 22.8 Å². The Bertz CT molecular complexity index is 1050. The number of rotatable bonds is 5. The van der Waals surface area contributed by atoms with Gasteiger partial charge in [0.15, 0.2) is 0 Å². The Morgan fingerprint density at radius 1 is 0.833 bits per heavy atom. The molecule has 0 bridgehead atoms. The third kappa shape index (κ3) is 5.13. The maximum Gasteiger partial charge on any atom is 0.416 e. The lowest BCUT2D eigenvalue weighted by Gasteiger charge is -2.10. The molecule has 0 atom stereocenters. The highest BCUT2D eigenvalue weighted by molar-refractivity contribution is 6.04. The lowest BCUT2D eigenvalue weighted by Crippen LogP contribution is -2.19. The van der Waals surface area contributed by atoms with Crippen LogP contribution in [0.2, 0.25) is 0 Å². The third-order valence-electron chi connectivity index (χ3n) is 4.13. The molecule has 0 unspecified atom stereocenters. The first-order valence-corrected chi connectivity index (χ1v) is 8.80. The van der Waals surface area contributed by atoms with Gasteiger partial charge >= 0.3 is 6.18 Å². The molecular formula is C21H17F3N4O2. The number of carbonyl (C=O) groups is 2. The molecule has 0 aliphatic heterocycles. The maximum atomic E-state index is 12.6. The number of aromatic nitrogens is 1. The van der Waals surface area contributed by atoms with Crippen molar-refractivity contribution in [1.82, 2.24) is 10.3 Å². The summed E-state index contributed by atoms with van der Waals surface area (Å²) in [5.74, 6) is -0.825. The number of carbonyl (C=O) groups excluding carboxylic acids is 2. The molecule has 30 heavy (non-hydrogen) atoms. The second kappa shape index (κ2) is 8.64. The van der Waals surface area contributed by atoms with E-state index in [0.717, 1.165) is 24.3 Å². The van der Waals surface area contributed by atoms with Crippen molar-refractivity contribution in [3.63, 3.8) is 0 Å². The first-order chi connectivity index (χ1) is 14.3. The Morgan fingerprint density at radius 3 is 2.07 bits per heavy atom. The minimum atomic E-state index is -4.45. The third-order valence-corrected chi connectivity index (χ3v) is 4.13. The zero-order valence-electron chi connectivity index (χ0n) is 15.7. The zero-order valence-corrected chi connectivity index (χ0v) is 15.7. The van der Waals surface area contributed by atoms with E-state index in [0.29, 0.717) is 17.1 Å². The van der Waals surface area contributed by atoms with Crippen LogP contribution in [0.1, 0.15) is 26.4 Å². The summed E-state index contributed by atoms with van der Waals surface area (Å²) in [7, 11) is 1.52. The van der Waals surface area contributed by atoms with Crippen LogP contribution in [0.5, 0.6) is 0 Å². The predicted octanol–water partition coefficient (Wildman–Crippen LogP) is 4.46. The van der Waals surface area contributed by atoms with Gasteiger partial charge < -0.3 is 16.0 Å². The van der Waals surface area contributed by atoms with Crippen LogP contribution < -0.4 is 16.0 Å². The lowest BCUT2D eigenvalue weighted by atomic mass is 10.1. The first-order valence-electron chi connectivity index (χ1n) is 8.80. The van der Waals surface area contributed by atoms with Crippen molar-refractivity contribution in [2.45, 2.75) is 6.18 Å². The lowest BCUT2D eigenvalue weighted by molar-refractivity contribution is -0.137. The van der Waals surface area contributed by atoms with Crippen molar-refractivity contribution in [3.8, 4) is 0 Å². The summed E-state index contributed by atoms with van der Waals surface area (Å²) in [6.45, 7) is 0. The molecule has 0 saturated heterocycles. The largest absolute Gasteiger partial charge is 0.416 e. The SMILES string of the molecule is CNC(=O)c1cc(Nc2ccc(NC(=O)c3ccc(C(F)(F)F)cc3)cc2)ccn1. The summed E-state index contributed by atoms with van der Waals surface area (Å²) in [4.78, 5) is 27.9. The highest BCUT2D eigenvalue weighted by Gasteiger charge is 2.30. The summed E-state index contributed by atoms with van der Waals surface area (Å²) in [6.07, 6.45) is -2.95. The van der Waals surface area contributed by atoms with Gasteiger partial charge in [-0.2, -0.15) is 13.2 Å². The fourth-order valence-electron chi connectivity index (χ4n) is 2.58. The molecule has 3 N–H and O–H groups in total. The van der Waals surface area contributed by atoms with E-state index in [4.69, 9.17) is 0 Å². The number of alkyl halides is 3. The van der Waals surface area contributed by atoms with E-state index in [1.165, 1.54) is 13.2 Å². The molecule has 0 fully saturated rings. The average molecular weight is 414 g/mol. The number of anilines is 3. The first kappa shape index (κ1) is 20.8. The number of hydrogen-bond acceptors (Lipinski definition) is 4. The fraction of sp³-hybridized carbons (Fsp3) is 0.0952. The van der Waals surface area contributed by atoms with Crippen molar-refractivity contribution < 1.29 is 22.8 Å². The summed E-state index contributed by atoms with van der Waals surface area (Å²) < 4.78 is 37.8. The Kier molecular flexibility index (Phi) is 6.01. The number of amides is 2. The molecule has 1 aromatic heterocycles. The van der Waals surface area contributed by atoms with Gasteiger partial charge in [0.05, 0.1) is 5.56 Å². The minimum absolute atomic E-state index is 0.115. The van der Waals surface area contributed by atoms with Gasteiger partial charge in [-0.15, -0.1) is 0 Å². The average Bonchev–Trinajstić information content (AvgIpc) is 2.74. The molecule has 1 heterocycles. The molecular weight excluding hydrogens is 397 g/mol. The number of nitrogens with one attached hydrogen (secondary N) is 3. The van der Waals surface area contributed by atoms with Crippen LogP contribution in [0.25, 0.3) is 0 Å². The van der Waals surface area contributed by atoms with E-state index < -0.39 is 17.6 Å². The Morgan fingerprint density at radius 2 is 1.47 bits per heavy atom. The second-order valence-corrected chi connectivity index (χ2v) is 6.24. The summed E-state index contributed by atoms with van der Waals surface area (Å²) in [5.41, 5.74) is 1.41. The van der Waals surface area contributed by atoms with Crippen LogP contribution in [-0.4, -0.2) is 23.8 Å². The van der Waals surface area contributed by atoms with Gasteiger partial charge in [0.2, 0.25) is 0 Å². The molecule has 2 aromatic carbocycles. The summed E-state index contributed by atoms with van der Waals surface area (Å²) in [5, 5.41) is 8.24. The molecule has 3 aromatic rings. The van der Waals surface area contributed by atoms with Gasteiger partial charge in [-0.3, -0.25) is 14.6 Å². The molecule has 0 radical (unpaired) electrons. The van der Waals surface area contributed by atoms with Crippen LogP contribution in [-0.2, 0) is 6.18 Å². The van der Waals surface area contributed by atoms with Crippen molar-refractivity contribution in [3.05, 3.63) is 83.7 Å². The van der Waals surface area contributed by atoms with E-state index in [2.05, 4.69) is 20.9 Å². The number of nitrogens with zero attached hydrogens (tertiary/aromatic N) is 1. The minimum Gasteiger partial charge on any atom is -0.355 e. The molecule has 0 aliphatic carbocycles. The monoisotopic (exact) mass is 414 g/mol. The molecule has 9 heteroatoms. The Hall–Kier alpha value is -3.88. The van der Waals surface area contributed by atoms with E-state index in [-0.39, 0.29) is 17.2 Å². The van der Waals surface area contributed by atoms with Gasteiger partial charge in [-0.25, -0.2) is 0 Å². The van der Waals surface area contributed by atoms with Crippen molar-refractivity contribution in [2.75, 3.05) is 17.7 Å². The summed E-state index contributed by atoms with van der Waals surface area (Å²) in [6, 6.07) is 14.0. The Labute approximate surface area is 170 Å². The van der Waals surface area contributed by atoms with E-state index in [1.807, 2.05) is 0 Å². The second-order valence-electron chi connectivity index (χ2n) is 6.24. The van der Waals surface area contributed by atoms with Crippen LogP contribution in [0, 0.1) is 0 Å². The molecule has 0 aliphatic rings. The van der Waals surface area contributed by atoms with Crippen LogP contribution >= 0.6 is 0 Å². The van der Waals surface area contributed by atoms with Crippen molar-refractivity contribution in [2.24, 2.45) is 0 Å². The maximum absolute atomic E-state index is 12.6. The van der Waals surface area contributed by atoms with Crippen molar-refractivity contribution >= 4 is 28.9 Å². The van der Waals surface area contributed by atoms with Gasteiger partial charge in [-0.1, -0.05) is 0 Å². The van der Waals surface area contributed by atoms with Gasteiger partial charge in [0.1, 0.15) is 5.69 Å². The standard InChI is InChI=1S/C21H17F3N4O2/c1-25-20(30)18-12-17(10-11-26-18)27-15-6-8-16(9-7-15)28-19(29)13-2-4-14(5-3-13)21(22,23)24/h2-12H,1H3,(H,25,30)(H,26,27)(H,28,29). The van der Waals surface area contributed by atoms with E-state index in [1.54, 1.807) is 36.4 Å². The molecule has 6 nitrogen and oxygen atoms in total. The highest BCUT2D eigenvalue weighted by Crippen LogP contribution is 2.29. The fourth-order valence-corrected chi connectivity index (χ4v) is 2.58. The van der Waals surface area contributed by atoms with Gasteiger partial charge in [-0.05, 0) is 60.7 Å². The molecule has 0 spiro atoms. The number of benzene rings is 2. The van der Waals surface area contributed by atoms with E-state index >= 15 is 0 Å². The zero-order chi connectivity index (χ0) is 21.7. The van der Waals surface area contributed by atoms with Crippen LogP contribution in [0.15, 0.2) is 66.9 Å². The molecule has 154 valence electrons. The smallest absolute Gasteiger partial charge is 0.355 e. The molecule has 2 amide bonds. The number of halogens is 3. The van der Waals surface area contributed by atoms with Crippen LogP contribution in [0.3, 0.4) is 0 Å². The number of hydrogen-bond donors (Lipinski definition) is 3. The van der Waals surface area contributed by atoms with Crippen molar-refractivity contribution in [1.29, 1.82) is 0 Å². The molecule has 0 saturated carbocycles. The molecule has 3 rings (SSSR count). The number of pyridine rings is 1. The van der Waals surface area contributed by atoms with Gasteiger partial charge in [0.25, 0.3) is 11.8 Å². The highest BCUT2D eigenvalue weighted by atomic mass is 19.4. The predicted molar refractivity (Wildman–Crippen MR) is 107 cm³/mol. The topological polar surface area (TPSA) is 83.1 Å². The quantitative estimate of drug-likeness (QED) is 0.576. The normalized spacial score (nSPS) is 10.9.